The van der Waals surface area contributed by atoms with E-state index in [1.165, 1.54) is 31.2 Å². The van der Waals surface area contributed by atoms with Crippen LogP contribution in [0.15, 0.2) is 24.3 Å². The van der Waals surface area contributed by atoms with Crippen molar-refractivity contribution < 1.29 is 27.5 Å². The number of hydrogen-bond donors (Lipinski definition) is 0. The van der Waals surface area contributed by atoms with Gasteiger partial charge >= 0.3 is 12.1 Å². The molecule has 0 saturated carbocycles. The SMILES string of the molecule is C[C@H]1C(=O)Oc2ccccc2[C@H]1C(=O)C(F)(F)F. The van der Waals surface area contributed by atoms with Crippen molar-refractivity contribution in [2.75, 3.05) is 0 Å². The van der Waals surface area contributed by atoms with Gasteiger partial charge in [-0.1, -0.05) is 25.1 Å². The summed E-state index contributed by atoms with van der Waals surface area (Å²) in [5.41, 5.74) is 0.104. The summed E-state index contributed by atoms with van der Waals surface area (Å²) in [5.74, 6) is -5.39. The van der Waals surface area contributed by atoms with Crippen molar-refractivity contribution >= 4 is 11.8 Å². The van der Waals surface area contributed by atoms with Crippen LogP contribution >= 0.6 is 0 Å². The Morgan fingerprint density at radius 3 is 2.50 bits per heavy atom. The normalized spacial score (nSPS) is 23.2. The highest BCUT2D eigenvalue weighted by Gasteiger charge is 2.50. The summed E-state index contributed by atoms with van der Waals surface area (Å²) in [6, 6.07) is 5.76. The van der Waals surface area contributed by atoms with Crippen molar-refractivity contribution in [1.29, 1.82) is 0 Å². The summed E-state index contributed by atoms with van der Waals surface area (Å²) in [7, 11) is 0. The topological polar surface area (TPSA) is 43.4 Å². The standard InChI is InChI=1S/C12H9F3O3/c1-6-9(10(16)12(13,14)15)7-4-2-3-5-8(7)18-11(6)17/h2-6,9H,1H3/t6-,9+/m1/s1. The van der Waals surface area contributed by atoms with Gasteiger partial charge in [0.2, 0.25) is 5.78 Å². The third kappa shape index (κ3) is 1.98. The number of ether oxygens (including phenoxy) is 1. The number of alkyl halides is 3. The van der Waals surface area contributed by atoms with Crippen molar-refractivity contribution in [2.45, 2.75) is 19.0 Å². The van der Waals surface area contributed by atoms with Gasteiger partial charge in [-0.3, -0.25) is 9.59 Å². The lowest BCUT2D eigenvalue weighted by Gasteiger charge is -2.29. The van der Waals surface area contributed by atoms with Crippen LogP contribution in [0.1, 0.15) is 18.4 Å². The van der Waals surface area contributed by atoms with Crippen LogP contribution in [0.3, 0.4) is 0 Å². The van der Waals surface area contributed by atoms with Gasteiger partial charge < -0.3 is 4.74 Å². The molecule has 1 heterocycles. The van der Waals surface area contributed by atoms with E-state index in [0.29, 0.717) is 0 Å². The third-order valence-electron chi connectivity index (χ3n) is 2.90. The molecular formula is C12H9F3O3. The molecule has 2 rings (SSSR count). The molecule has 1 aromatic rings. The third-order valence-corrected chi connectivity index (χ3v) is 2.90. The number of benzene rings is 1. The minimum atomic E-state index is -4.97. The number of rotatable bonds is 1. The fourth-order valence-electron chi connectivity index (χ4n) is 1.98. The largest absolute Gasteiger partial charge is 0.450 e. The molecule has 0 N–H and O–H groups in total. The van der Waals surface area contributed by atoms with Crippen molar-refractivity contribution in [2.24, 2.45) is 5.92 Å². The van der Waals surface area contributed by atoms with Crippen LogP contribution in [0.2, 0.25) is 0 Å². The van der Waals surface area contributed by atoms with Crippen LogP contribution in [-0.2, 0) is 9.59 Å². The second-order valence-corrected chi connectivity index (χ2v) is 4.09. The van der Waals surface area contributed by atoms with Crippen molar-refractivity contribution in [3.8, 4) is 5.75 Å². The Balaban J connectivity index is 2.51. The van der Waals surface area contributed by atoms with Gasteiger partial charge in [0, 0.05) is 5.56 Å². The predicted molar refractivity (Wildman–Crippen MR) is 55.0 cm³/mol. The van der Waals surface area contributed by atoms with Gasteiger partial charge in [0.1, 0.15) is 5.75 Å². The van der Waals surface area contributed by atoms with E-state index in [2.05, 4.69) is 0 Å². The number of Topliss-reactive ketones (excluding diaryl/α,β-unsaturated/α-hetero) is 1. The molecule has 18 heavy (non-hydrogen) atoms. The summed E-state index contributed by atoms with van der Waals surface area (Å²) >= 11 is 0. The van der Waals surface area contributed by atoms with Crippen LogP contribution in [0.5, 0.6) is 5.75 Å². The average molecular weight is 258 g/mol. The molecule has 3 nitrogen and oxygen atoms in total. The molecule has 0 radical (unpaired) electrons. The van der Waals surface area contributed by atoms with E-state index >= 15 is 0 Å². The number of carbonyl (C=O) groups is 2. The van der Waals surface area contributed by atoms with Gasteiger partial charge in [0.25, 0.3) is 0 Å². The number of ketones is 1. The van der Waals surface area contributed by atoms with Crippen LogP contribution in [0, 0.1) is 5.92 Å². The molecule has 0 amide bonds. The van der Waals surface area contributed by atoms with E-state index in [-0.39, 0.29) is 11.3 Å². The monoisotopic (exact) mass is 258 g/mol. The molecule has 96 valence electrons. The minimum absolute atomic E-state index is 0.0169. The van der Waals surface area contributed by atoms with Gasteiger partial charge in [-0.15, -0.1) is 0 Å². The van der Waals surface area contributed by atoms with Gasteiger partial charge in [-0.25, -0.2) is 0 Å². The van der Waals surface area contributed by atoms with E-state index in [1.54, 1.807) is 0 Å². The molecule has 0 unspecified atom stereocenters. The number of fused-ring (bicyclic) bond motifs is 1. The van der Waals surface area contributed by atoms with Crippen molar-refractivity contribution in [1.82, 2.24) is 0 Å². The summed E-state index contributed by atoms with van der Waals surface area (Å²) in [4.78, 5) is 22.9. The van der Waals surface area contributed by atoms with E-state index in [9.17, 15) is 22.8 Å². The van der Waals surface area contributed by atoms with Gasteiger partial charge in [-0.2, -0.15) is 13.2 Å². The van der Waals surface area contributed by atoms with Gasteiger partial charge in [0.15, 0.2) is 0 Å². The van der Waals surface area contributed by atoms with Crippen LogP contribution in [-0.4, -0.2) is 17.9 Å². The molecule has 0 fully saturated rings. The highest BCUT2D eigenvalue weighted by molar-refractivity contribution is 5.97. The number of esters is 1. The zero-order valence-corrected chi connectivity index (χ0v) is 9.32. The van der Waals surface area contributed by atoms with Gasteiger partial charge in [0.05, 0.1) is 11.8 Å². The zero-order chi connectivity index (χ0) is 13.5. The van der Waals surface area contributed by atoms with Crippen molar-refractivity contribution in [3.05, 3.63) is 29.8 Å². The molecule has 0 bridgehead atoms. The summed E-state index contributed by atoms with van der Waals surface area (Å²) in [6.07, 6.45) is -4.97. The minimum Gasteiger partial charge on any atom is -0.426 e. The summed E-state index contributed by atoms with van der Waals surface area (Å²) < 4.78 is 42.5. The quantitative estimate of drug-likeness (QED) is 0.574. The molecule has 1 aliphatic heterocycles. The average Bonchev–Trinajstić information content (AvgIpc) is 2.29. The first-order chi connectivity index (χ1) is 8.32. The number of carbonyl (C=O) groups excluding carboxylic acids is 2. The number of hydrogen-bond acceptors (Lipinski definition) is 3. The molecule has 0 aliphatic carbocycles. The Morgan fingerprint density at radius 1 is 1.28 bits per heavy atom. The van der Waals surface area contributed by atoms with E-state index < -0.39 is 29.8 Å². The highest BCUT2D eigenvalue weighted by atomic mass is 19.4. The highest BCUT2D eigenvalue weighted by Crippen LogP contribution is 2.41. The zero-order valence-electron chi connectivity index (χ0n) is 9.32. The molecule has 0 aromatic heterocycles. The molecule has 2 atom stereocenters. The van der Waals surface area contributed by atoms with E-state index in [1.807, 2.05) is 0 Å². The lowest BCUT2D eigenvalue weighted by molar-refractivity contribution is -0.175. The first-order valence-corrected chi connectivity index (χ1v) is 5.24. The first kappa shape index (κ1) is 12.6. The Bertz CT molecular complexity index is 508. The predicted octanol–water partition coefficient (Wildman–Crippen LogP) is 2.46. The second kappa shape index (κ2) is 4.12. The van der Waals surface area contributed by atoms with E-state index in [4.69, 9.17) is 4.74 Å². The maximum atomic E-state index is 12.5. The fourth-order valence-corrected chi connectivity index (χ4v) is 1.98. The summed E-state index contributed by atoms with van der Waals surface area (Å²) in [5, 5.41) is 0. The first-order valence-electron chi connectivity index (χ1n) is 5.24. The molecular weight excluding hydrogens is 249 g/mol. The Hall–Kier alpha value is -1.85. The van der Waals surface area contributed by atoms with Crippen LogP contribution in [0.4, 0.5) is 13.2 Å². The van der Waals surface area contributed by atoms with Gasteiger partial charge in [-0.05, 0) is 6.07 Å². The van der Waals surface area contributed by atoms with Crippen LogP contribution < -0.4 is 4.74 Å². The maximum absolute atomic E-state index is 12.5. The molecule has 0 saturated heterocycles. The molecule has 1 aliphatic rings. The molecule has 1 aromatic carbocycles. The Labute approximate surface area is 101 Å². The van der Waals surface area contributed by atoms with Crippen molar-refractivity contribution in [3.63, 3.8) is 0 Å². The smallest absolute Gasteiger partial charge is 0.426 e. The number of para-hydroxylation sites is 1. The maximum Gasteiger partial charge on any atom is 0.450 e. The second-order valence-electron chi connectivity index (χ2n) is 4.09. The van der Waals surface area contributed by atoms with Crippen LogP contribution in [0.25, 0.3) is 0 Å². The molecule has 6 heteroatoms. The lowest BCUT2D eigenvalue weighted by Crippen LogP contribution is -2.39. The number of halogens is 3. The Morgan fingerprint density at radius 2 is 1.89 bits per heavy atom. The lowest BCUT2D eigenvalue weighted by atomic mass is 9.81. The molecule has 0 spiro atoms. The van der Waals surface area contributed by atoms with E-state index in [0.717, 1.165) is 0 Å². The summed E-state index contributed by atoms with van der Waals surface area (Å²) in [6.45, 7) is 1.26. The fraction of sp³-hybridized carbons (Fsp3) is 0.333. The Kier molecular flexibility index (Phi) is 2.88.